The Morgan fingerprint density at radius 3 is 2.44 bits per heavy atom. The Morgan fingerprint density at radius 1 is 1.11 bits per heavy atom. The number of alkyl halides is 3. The molecule has 2 rings (SSSR count). The first-order valence-electron chi connectivity index (χ1n) is 4.90. The van der Waals surface area contributed by atoms with Crippen molar-refractivity contribution >= 4 is 0 Å². The first kappa shape index (κ1) is 12.0. The fraction of sp³-hybridized carbons (Fsp3) is 0.0833. The van der Waals surface area contributed by atoms with E-state index >= 15 is 0 Å². The van der Waals surface area contributed by atoms with Gasteiger partial charge in [-0.05, 0) is 12.1 Å². The Morgan fingerprint density at radius 2 is 1.89 bits per heavy atom. The number of hydrogen-bond acceptors (Lipinski definition) is 3. The highest BCUT2D eigenvalue weighted by Gasteiger charge is 2.30. The van der Waals surface area contributed by atoms with E-state index in [1.165, 1.54) is 24.5 Å². The van der Waals surface area contributed by atoms with Crippen LogP contribution in [0.5, 0.6) is 0 Å². The van der Waals surface area contributed by atoms with Crippen molar-refractivity contribution in [2.24, 2.45) is 0 Å². The summed E-state index contributed by atoms with van der Waals surface area (Å²) in [6, 6.07) is 6.58. The number of nitrogens with zero attached hydrogens (tertiary/aromatic N) is 3. The van der Waals surface area contributed by atoms with Gasteiger partial charge in [0, 0.05) is 5.56 Å². The zero-order chi connectivity index (χ0) is 13.2. The molecule has 0 aliphatic rings. The molecule has 0 saturated heterocycles. The van der Waals surface area contributed by atoms with Crippen molar-refractivity contribution in [2.45, 2.75) is 6.18 Å². The Hall–Kier alpha value is -2.42. The van der Waals surface area contributed by atoms with E-state index in [2.05, 4.69) is 9.97 Å². The van der Waals surface area contributed by atoms with Crippen LogP contribution in [0.1, 0.15) is 11.3 Å². The summed E-state index contributed by atoms with van der Waals surface area (Å²) < 4.78 is 37.6. The van der Waals surface area contributed by atoms with Crippen molar-refractivity contribution < 1.29 is 13.2 Å². The van der Waals surface area contributed by atoms with Gasteiger partial charge < -0.3 is 0 Å². The predicted molar refractivity (Wildman–Crippen MR) is 57.2 cm³/mol. The van der Waals surface area contributed by atoms with Gasteiger partial charge in [0.1, 0.15) is 6.07 Å². The van der Waals surface area contributed by atoms with Gasteiger partial charge in [0.15, 0.2) is 5.69 Å². The third kappa shape index (κ3) is 2.46. The van der Waals surface area contributed by atoms with E-state index in [0.717, 1.165) is 12.1 Å². The molecule has 0 aliphatic heterocycles. The quantitative estimate of drug-likeness (QED) is 0.780. The SMILES string of the molecule is N#Cc1cnc(-c2cccc(C(F)(F)F)c2)cn1. The maximum absolute atomic E-state index is 12.5. The highest BCUT2D eigenvalue weighted by atomic mass is 19.4. The standard InChI is InChI=1S/C12H6F3N3/c13-12(14,15)9-3-1-2-8(4-9)11-7-17-10(5-16)6-18-11/h1-4,6-7H. The van der Waals surface area contributed by atoms with Gasteiger partial charge in [0.25, 0.3) is 0 Å². The maximum atomic E-state index is 12.5. The molecule has 0 atom stereocenters. The Bertz CT molecular complexity index is 597. The van der Waals surface area contributed by atoms with Crippen LogP contribution in [0.4, 0.5) is 13.2 Å². The lowest BCUT2D eigenvalue weighted by Crippen LogP contribution is -2.04. The second-order valence-corrected chi connectivity index (χ2v) is 3.48. The molecule has 0 aliphatic carbocycles. The molecule has 18 heavy (non-hydrogen) atoms. The Labute approximate surface area is 101 Å². The first-order chi connectivity index (χ1) is 8.50. The lowest BCUT2D eigenvalue weighted by Gasteiger charge is -2.08. The Kier molecular flexibility index (Phi) is 2.98. The van der Waals surface area contributed by atoms with Crippen LogP contribution in [0.25, 0.3) is 11.3 Å². The molecular weight excluding hydrogens is 243 g/mol. The average Bonchev–Trinajstić information content (AvgIpc) is 2.38. The van der Waals surface area contributed by atoms with E-state index in [-0.39, 0.29) is 5.69 Å². The smallest absolute Gasteiger partial charge is 0.252 e. The van der Waals surface area contributed by atoms with Crippen molar-refractivity contribution in [3.63, 3.8) is 0 Å². The highest BCUT2D eigenvalue weighted by molar-refractivity contribution is 5.59. The van der Waals surface area contributed by atoms with Crippen molar-refractivity contribution in [1.82, 2.24) is 9.97 Å². The molecule has 0 amide bonds. The molecule has 1 aromatic carbocycles. The first-order valence-corrected chi connectivity index (χ1v) is 4.90. The molecule has 1 heterocycles. The van der Waals surface area contributed by atoms with E-state index in [1.807, 2.05) is 0 Å². The highest BCUT2D eigenvalue weighted by Crippen LogP contribution is 2.31. The molecule has 0 fully saturated rings. The number of rotatable bonds is 1. The monoisotopic (exact) mass is 249 g/mol. The van der Waals surface area contributed by atoms with Crippen LogP contribution in [0.2, 0.25) is 0 Å². The molecule has 6 heteroatoms. The van der Waals surface area contributed by atoms with Crippen LogP contribution < -0.4 is 0 Å². The molecule has 0 unspecified atom stereocenters. The third-order valence-electron chi connectivity index (χ3n) is 2.25. The minimum Gasteiger partial charge on any atom is -0.252 e. The predicted octanol–water partition coefficient (Wildman–Crippen LogP) is 3.03. The molecule has 0 saturated carbocycles. The summed E-state index contributed by atoms with van der Waals surface area (Å²) >= 11 is 0. The van der Waals surface area contributed by atoms with Gasteiger partial charge in [0.2, 0.25) is 0 Å². The number of benzene rings is 1. The van der Waals surface area contributed by atoms with E-state index in [4.69, 9.17) is 5.26 Å². The fourth-order valence-corrected chi connectivity index (χ4v) is 1.39. The number of aromatic nitrogens is 2. The second-order valence-electron chi connectivity index (χ2n) is 3.48. The lowest BCUT2D eigenvalue weighted by molar-refractivity contribution is -0.137. The van der Waals surface area contributed by atoms with E-state index in [0.29, 0.717) is 11.3 Å². The molecule has 0 spiro atoms. The minimum atomic E-state index is -4.39. The lowest BCUT2D eigenvalue weighted by atomic mass is 10.1. The van der Waals surface area contributed by atoms with Crippen LogP contribution in [0.15, 0.2) is 36.7 Å². The zero-order valence-corrected chi connectivity index (χ0v) is 8.94. The Balaban J connectivity index is 2.42. The molecule has 3 nitrogen and oxygen atoms in total. The minimum absolute atomic E-state index is 0.116. The molecule has 1 aromatic heterocycles. The van der Waals surface area contributed by atoms with Crippen LogP contribution >= 0.6 is 0 Å². The van der Waals surface area contributed by atoms with Gasteiger partial charge >= 0.3 is 6.18 Å². The molecular formula is C12H6F3N3. The van der Waals surface area contributed by atoms with Crippen molar-refractivity contribution in [3.8, 4) is 17.3 Å². The van der Waals surface area contributed by atoms with Gasteiger partial charge in [0.05, 0.1) is 23.7 Å². The van der Waals surface area contributed by atoms with Crippen LogP contribution in [0.3, 0.4) is 0 Å². The molecule has 0 N–H and O–H groups in total. The van der Waals surface area contributed by atoms with Gasteiger partial charge in [-0.25, -0.2) is 4.98 Å². The second kappa shape index (κ2) is 4.45. The van der Waals surface area contributed by atoms with Gasteiger partial charge in [-0.3, -0.25) is 4.98 Å². The van der Waals surface area contributed by atoms with Crippen molar-refractivity contribution in [2.75, 3.05) is 0 Å². The van der Waals surface area contributed by atoms with E-state index in [1.54, 1.807) is 6.07 Å². The molecule has 0 radical (unpaired) electrons. The number of halogens is 3. The zero-order valence-electron chi connectivity index (χ0n) is 8.94. The van der Waals surface area contributed by atoms with Crippen LogP contribution in [0, 0.1) is 11.3 Å². The summed E-state index contributed by atoms with van der Waals surface area (Å²) in [6.45, 7) is 0. The summed E-state index contributed by atoms with van der Waals surface area (Å²) in [5.41, 5.74) is -0.0289. The summed E-state index contributed by atoms with van der Waals surface area (Å²) in [7, 11) is 0. The molecule has 2 aromatic rings. The van der Waals surface area contributed by atoms with Crippen LogP contribution in [-0.2, 0) is 6.18 Å². The summed E-state index contributed by atoms with van der Waals surface area (Å²) in [4.78, 5) is 7.65. The largest absolute Gasteiger partial charge is 0.416 e. The van der Waals surface area contributed by atoms with Crippen molar-refractivity contribution in [1.29, 1.82) is 5.26 Å². The van der Waals surface area contributed by atoms with Gasteiger partial charge in [-0.15, -0.1) is 0 Å². The summed E-state index contributed by atoms with van der Waals surface area (Å²) in [5, 5.41) is 8.55. The van der Waals surface area contributed by atoms with E-state index < -0.39 is 11.7 Å². The third-order valence-corrected chi connectivity index (χ3v) is 2.25. The number of hydrogen-bond donors (Lipinski definition) is 0. The van der Waals surface area contributed by atoms with Crippen LogP contribution in [-0.4, -0.2) is 9.97 Å². The topological polar surface area (TPSA) is 49.6 Å². The van der Waals surface area contributed by atoms with E-state index in [9.17, 15) is 13.2 Å². The average molecular weight is 249 g/mol. The van der Waals surface area contributed by atoms with Gasteiger partial charge in [-0.1, -0.05) is 12.1 Å². The summed E-state index contributed by atoms with van der Waals surface area (Å²) in [5.74, 6) is 0. The maximum Gasteiger partial charge on any atom is 0.416 e. The summed E-state index contributed by atoms with van der Waals surface area (Å²) in [6.07, 6.45) is -1.90. The fourth-order valence-electron chi connectivity index (χ4n) is 1.39. The van der Waals surface area contributed by atoms with Gasteiger partial charge in [-0.2, -0.15) is 18.4 Å². The molecule has 90 valence electrons. The normalized spacial score (nSPS) is 11.0. The number of nitriles is 1. The van der Waals surface area contributed by atoms with Crippen molar-refractivity contribution in [3.05, 3.63) is 47.9 Å². The molecule has 0 bridgehead atoms.